The van der Waals surface area contributed by atoms with Gasteiger partial charge in [-0.2, -0.15) is 5.10 Å². The summed E-state index contributed by atoms with van der Waals surface area (Å²) in [5, 5.41) is 19.9. The number of nitrogens with one attached hydrogen (secondary N) is 2. The quantitative estimate of drug-likeness (QED) is 0.749. The third kappa shape index (κ3) is 3.57. The van der Waals surface area contributed by atoms with Crippen molar-refractivity contribution in [1.29, 1.82) is 0 Å². The van der Waals surface area contributed by atoms with Crippen LogP contribution in [0.5, 0.6) is 0 Å². The zero-order valence-corrected chi connectivity index (χ0v) is 10.8. The second kappa shape index (κ2) is 5.52. The van der Waals surface area contributed by atoms with E-state index < -0.39 is 5.60 Å². The van der Waals surface area contributed by atoms with Gasteiger partial charge in [-0.1, -0.05) is 19.3 Å². The zero-order valence-electron chi connectivity index (χ0n) is 10.8. The molecule has 1 aromatic heterocycles. The highest BCUT2D eigenvalue weighted by Crippen LogP contribution is 2.27. The number of H-pyrrole nitrogens is 1. The van der Waals surface area contributed by atoms with Crippen molar-refractivity contribution in [3.05, 3.63) is 17.5 Å². The van der Waals surface area contributed by atoms with Crippen molar-refractivity contribution >= 4 is 5.91 Å². The lowest BCUT2D eigenvalue weighted by atomic mass is 9.85. The van der Waals surface area contributed by atoms with Crippen LogP contribution in [-0.2, 0) is 11.2 Å². The van der Waals surface area contributed by atoms with Gasteiger partial charge in [-0.15, -0.1) is 0 Å². The van der Waals surface area contributed by atoms with Crippen LogP contribution in [0.25, 0.3) is 0 Å². The molecule has 0 aliphatic heterocycles. The number of carbonyl (C=O) groups excluding carboxylic acids is 1. The van der Waals surface area contributed by atoms with Gasteiger partial charge in [0.15, 0.2) is 0 Å². The Morgan fingerprint density at radius 1 is 1.50 bits per heavy atom. The molecule has 0 unspecified atom stereocenters. The van der Waals surface area contributed by atoms with Crippen molar-refractivity contribution in [3.8, 4) is 0 Å². The van der Waals surface area contributed by atoms with Crippen LogP contribution >= 0.6 is 0 Å². The van der Waals surface area contributed by atoms with E-state index >= 15 is 0 Å². The van der Waals surface area contributed by atoms with Crippen molar-refractivity contribution in [1.82, 2.24) is 15.5 Å². The van der Waals surface area contributed by atoms with E-state index in [2.05, 4.69) is 15.5 Å². The van der Waals surface area contributed by atoms with Crippen molar-refractivity contribution in [2.75, 3.05) is 6.54 Å². The van der Waals surface area contributed by atoms with Gasteiger partial charge >= 0.3 is 0 Å². The summed E-state index contributed by atoms with van der Waals surface area (Å²) in [7, 11) is 0. The Hall–Kier alpha value is -1.36. The maximum atomic E-state index is 11.7. The third-order valence-corrected chi connectivity index (χ3v) is 3.50. The van der Waals surface area contributed by atoms with E-state index in [1.54, 1.807) is 0 Å². The normalized spacial score (nSPS) is 18.6. The maximum absolute atomic E-state index is 11.7. The van der Waals surface area contributed by atoms with Gasteiger partial charge in [0, 0.05) is 12.2 Å². The van der Waals surface area contributed by atoms with E-state index in [0.29, 0.717) is 6.54 Å². The van der Waals surface area contributed by atoms with E-state index in [9.17, 15) is 9.90 Å². The van der Waals surface area contributed by atoms with E-state index in [0.717, 1.165) is 37.1 Å². The largest absolute Gasteiger partial charge is 0.388 e. The molecule has 0 spiro atoms. The Morgan fingerprint density at radius 2 is 2.22 bits per heavy atom. The Labute approximate surface area is 107 Å². The average molecular weight is 251 g/mol. The molecule has 1 fully saturated rings. The summed E-state index contributed by atoms with van der Waals surface area (Å²) in [4.78, 5) is 11.7. The Bertz CT molecular complexity index is 408. The van der Waals surface area contributed by atoms with Crippen molar-refractivity contribution in [2.24, 2.45) is 0 Å². The van der Waals surface area contributed by atoms with Gasteiger partial charge in [0.1, 0.15) is 0 Å². The van der Waals surface area contributed by atoms with Crippen molar-refractivity contribution in [2.45, 2.75) is 51.0 Å². The molecule has 1 saturated carbocycles. The van der Waals surface area contributed by atoms with E-state index in [1.807, 2.05) is 13.0 Å². The van der Waals surface area contributed by atoms with Gasteiger partial charge in [0.25, 0.3) is 0 Å². The summed E-state index contributed by atoms with van der Waals surface area (Å²) in [6.45, 7) is 2.26. The Morgan fingerprint density at radius 3 is 2.83 bits per heavy atom. The van der Waals surface area contributed by atoms with Crippen LogP contribution in [0.4, 0.5) is 0 Å². The molecule has 0 aromatic carbocycles. The molecule has 1 heterocycles. The standard InChI is InChI=1S/C13H21N3O2/c1-10-7-11(16-15-10)8-12(17)14-9-13(18)5-3-2-4-6-13/h7,18H,2-6,8-9H2,1H3,(H,14,17)(H,15,16). The summed E-state index contributed by atoms with van der Waals surface area (Å²) in [6, 6.07) is 1.86. The van der Waals surface area contributed by atoms with Gasteiger partial charge in [-0.25, -0.2) is 0 Å². The average Bonchev–Trinajstić information content (AvgIpc) is 2.73. The summed E-state index contributed by atoms with van der Waals surface area (Å²) in [6.07, 6.45) is 5.11. The van der Waals surface area contributed by atoms with Crippen LogP contribution < -0.4 is 5.32 Å². The van der Waals surface area contributed by atoms with Crippen molar-refractivity contribution in [3.63, 3.8) is 0 Å². The highest BCUT2D eigenvalue weighted by molar-refractivity contribution is 5.78. The Kier molecular flexibility index (Phi) is 4.01. The molecule has 1 aliphatic carbocycles. The lowest BCUT2D eigenvalue weighted by Gasteiger charge is -2.32. The first-order valence-electron chi connectivity index (χ1n) is 6.57. The number of rotatable bonds is 4. The third-order valence-electron chi connectivity index (χ3n) is 3.50. The predicted octanol–water partition coefficient (Wildman–Crippen LogP) is 1.07. The van der Waals surface area contributed by atoms with Gasteiger partial charge in [0.05, 0.1) is 17.7 Å². The Balaban J connectivity index is 1.77. The number of aliphatic hydroxyl groups is 1. The lowest BCUT2D eigenvalue weighted by Crippen LogP contribution is -2.44. The number of amides is 1. The molecule has 100 valence electrons. The molecule has 0 bridgehead atoms. The molecule has 3 N–H and O–H groups in total. The summed E-state index contributed by atoms with van der Waals surface area (Å²) >= 11 is 0. The monoisotopic (exact) mass is 251 g/mol. The first-order chi connectivity index (χ1) is 8.57. The van der Waals surface area contributed by atoms with Gasteiger partial charge in [-0.05, 0) is 25.8 Å². The molecule has 0 radical (unpaired) electrons. The predicted molar refractivity (Wildman–Crippen MR) is 68.1 cm³/mol. The highest BCUT2D eigenvalue weighted by Gasteiger charge is 2.29. The van der Waals surface area contributed by atoms with Crippen LogP contribution in [-0.4, -0.2) is 33.4 Å². The SMILES string of the molecule is Cc1cc(CC(=O)NCC2(O)CCCCC2)n[nH]1. The van der Waals surface area contributed by atoms with Crippen LogP contribution in [0.15, 0.2) is 6.07 Å². The minimum atomic E-state index is -0.699. The van der Waals surface area contributed by atoms with Crippen LogP contribution in [0.1, 0.15) is 43.5 Å². The maximum Gasteiger partial charge on any atom is 0.226 e. The number of hydrogen-bond donors (Lipinski definition) is 3. The van der Waals surface area contributed by atoms with Crippen LogP contribution in [0.3, 0.4) is 0 Å². The molecule has 1 aromatic rings. The topological polar surface area (TPSA) is 78.0 Å². The summed E-state index contributed by atoms with van der Waals surface area (Å²) in [5.74, 6) is -0.0829. The molecule has 2 rings (SSSR count). The van der Waals surface area contributed by atoms with Gasteiger partial charge < -0.3 is 10.4 Å². The molecule has 5 nitrogen and oxygen atoms in total. The molecule has 5 heteroatoms. The number of aromatic amines is 1. The van der Waals surface area contributed by atoms with E-state index in [1.165, 1.54) is 6.42 Å². The van der Waals surface area contributed by atoms with Crippen LogP contribution in [0, 0.1) is 6.92 Å². The number of aryl methyl sites for hydroxylation is 1. The zero-order chi connectivity index (χ0) is 13.0. The number of nitrogens with zero attached hydrogens (tertiary/aromatic N) is 1. The second-order valence-electron chi connectivity index (χ2n) is 5.28. The van der Waals surface area contributed by atoms with Gasteiger partial charge in [-0.3, -0.25) is 9.89 Å². The summed E-state index contributed by atoms with van der Waals surface area (Å²) < 4.78 is 0. The summed E-state index contributed by atoms with van der Waals surface area (Å²) in [5.41, 5.74) is 0.986. The lowest BCUT2D eigenvalue weighted by molar-refractivity contribution is -0.122. The smallest absolute Gasteiger partial charge is 0.226 e. The highest BCUT2D eigenvalue weighted by atomic mass is 16.3. The fourth-order valence-electron chi connectivity index (χ4n) is 2.44. The minimum Gasteiger partial charge on any atom is -0.388 e. The van der Waals surface area contributed by atoms with Crippen LogP contribution in [0.2, 0.25) is 0 Å². The molecule has 0 saturated heterocycles. The number of aromatic nitrogens is 2. The minimum absolute atomic E-state index is 0.0829. The molecule has 1 amide bonds. The fourth-order valence-corrected chi connectivity index (χ4v) is 2.44. The first-order valence-corrected chi connectivity index (χ1v) is 6.57. The molecule has 0 atom stereocenters. The molecular weight excluding hydrogens is 230 g/mol. The number of carbonyl (C=O) groups is 1. The van der Waals surface area contributed by atoms with Gasteiger partial charge in [0.2, 0.25) is 5.91 Å². The first kappa shape index (κ1) is 13.1. The molecule has 18 heavy (non-hydrogen) atoms. The van der Waals surface area contributed by atoms with E-state index in [4.69, 9.17) is 0 Å². The van der Waals surface area contributed by atoms with E-state index in [-0.39, 0.29) is 12.3 Å². The molecular formula is C13H21N3O2. The number of hydrogen-bond acceptors (Lipinski definition) is 3. The fraction of sp³-hybridized carbons (Fsp3) is 0.692. The molecule has 1 aliphatic rings. The second-order valence-corrected chi connectivity index (χ2v) is 5.28. The van der Waals surface area contributed by atoms with Crippen molar-refractivity contribution < 1.29 is 9.90 Å².